The highest BCUT2D eigenvalue weighted by Crippen LogP contribution is 2.25. The van der Waals surface area contributed by atoms with Crippen molar-refractivity contribution in [1.82, 2.24) is 0 Å². The zero-order valence-electron chi connectivity index (χ0n) is 11.4. The second kappa shape index (κ2) is 6.06. The lowest BCUT2D eigenvalue weighted by atomic mass is 9.87. The summed E-state index contributed by atoms with van der Waals surface area (Å²) >= 11 is 0. The first-order valence-corrected chi connectivity index (χ1v) is 6.35. The van der Waals surface area contributed by atoms with Crippen LogP contribution in [0.25, 0.3) is 0 Å². The minimum atomic E-state index is -0.363. The van der Waals surface area contributed by atoms with E-state index in [0.29, 0.717) is 6.61 Å². The van der Waals surface area contributed by atoms with E-state index in [-0.39, 0.29) is 11.5 Å². The van der Waals surface area contributed by atoms with E-state index in [9.17, 15) is 5.11 Å². The third-order valence-corrected chi connectivity index (χ3v) is 2.76. The van der Waals surface area contributed by atoms with Crippen molar-refractivity contribution in [3.05, 3.63) is 29.8 Å². The van der Waals surface area contributed by atoms with Crippen LogP contribution >= 0.6 is 0 Å². The molecule has 0 saturated carbocycles. The average molecular weight is 236 g/mol. The first-order chi connectivity index (χ1) is 7.93. The Kier molecular flexibility index (Phi) is 5.01. The van der Waals surface area contributed by atoms with Crippen LogP contribution in [0.1, 0.15) is 46.1 Å². The predicted molar refractivity (Wildman–Crippen MR) is 71.6 cm³/mol. The van der Waals surface area contributed by atoms with Gasteiger partial charge >= 0.3 is 0 Å². The number of ether oxygens (including phenoxy) is 1. The first-order valence-electron chi connectivity index (χ1n) is 6.35. The molecule has 17 heavy (non-hydrogen) atoms. The fraction of sp³-hybridized carbons (Fsp3) is 0.600. The average Bonchev–Trinajstić information content (AvgIpc) is 2.26. The Balaban J connectivity index is 2.60. The molecule has 0 bridgehead atoms. The zero-order valence-corrected chi connectivity index (χ0v) is 11.4. The smallest absolute Gasteiger partial charge is 0.119 e. The SMILES string of the molecule is CCCC(O)COc1cccc(C(C)(C)C)c1. The van der Waals surface area contributed by atoms with Gasteiger partial charge in [0.05, 0.1) is 6.10 Å². The molecule has 1 aromatic rings. The molecule has 0 fully saturated rings. The Bertz CT molecular complexity index is 339. The normalized spacial score (nSPS) is 13.5. The molecule has 0 aliphatic rings. The van der Waals surface area contributed by atoms with Crippen molar-refractivity contribution in [2.75, 3.05) is 6.61 Å². The summed E-state index contributed by atoms with van der Waals surface area (Å²) in [7, 11) is 0. The molecule has 1 aromatic carbocycles. The number of rotatable bonds is 5. The standard InChI is InChI=1S/C15H24O2/c1-5-7-13(16)11-17-14-9-6-8-12(10-14)15(2,3)4/h6,8-10,13,16H,5,7,11H2,1-4H3. The van der Waals surface area contributed by atoms with Crippen molar-refractivity contribution in [1.29, 1.82) is 0 Å². The van der Waals surface area contributed by atoms with Gasteiger partial charge in [0.25, 0.3) is 0 Å². The molecule has 0 radical (unpaired) electrons. The van der Waals surface area contributed by atoms with Crippen LogP contribution in [-0.2, 0) is 5.41 Å². The molecular formula is C15H24O2. The summed E-state index contributed by atoms with van der Waals surface area (Å²) in [5.41, 5.74) is 1.38. The van der Waals surface area contributed by atoms with Crippen molar-refractivity contribution in [2.24, 2.45) is 0 Å². The lowest BCUT2D eigenvalue weighted by molar-refractivity contribution is 0.0993. The lowest BCUT2D eigenvalue weighted by Gasteiger charge is -2.20. The van der Waals surface area contributed by atoms with Gasteiger partial charge in [0.2, 0.25) is 0 Å². The molecule has 1 rings (SSSR count). The van der Waals surface area contributed by atoms with E-state index in [1.165, 1.54) is 5.56 Å². The minimum absolute atomic E-state index is 0.126. The summed E-state index contributed by atoms with van der Waals surface area (Å²) < 4.78 is 5.61. The molecule has 2 nitrogen and oxygen atoms in total. The maximum atomic E-state index is 9.61. The van der Waals surface area contributed by atoms with Gasteiger partial charge in [0, 0.05) is 0 Å². The number of benzene rings is 1. The van der Waals surface area contributed by atoms with Gasteiger partial charge in [-0.05, 0) is 29.5 Å². The minimum Gasteiger partial charge on any atom is -0.491 e. The second-order valence-corrected chi connectivity index (χ2v) is 5.53. The molecule has 1 atom stereocenters. The highest BCUT2D eigenvalue weighted by Gasteiger charge is 2.14. The highest BCUT2D eigenvalue weighted by molar-refractivity contribution is 5.32. The molecule has 2 heteroatoms. The molecule has 0 aliphatic carbocycles. The summed E-state index contributed by atoms with van der Waals surface area (Å²) in [6, 6.07) is 8.10. The first kappa shape index (κ1) is 14.0. The van der Waals surface area contributed by atoms with E-state index in [1.807, 2.05) is 12.1 Å². The Morgan fingerprint density at radius 3 is 2.59 bits per heavy atom. The van der Waals surface area contributed by atoms with Crippen LogP contribution in [0.5, 0.6) is 5.75 Å². The molecule has 0 heterocycles. The molecule has 96 valence electrons. The van der Waals surface area contributed by atoms with Crippen LogP contribution in [0.2, 0.25) is 0 Å². The number of aliphatic hydroxyl groups is 1. The topological polar surface area (TPSA) is 29.5 Å². The number of hydrogen-bond acceptors (Lipinski definition) is 2. The molecule has 0 aromatic heterocycles. The summed E-state index contributed by atoms with van der Waals surface area (Å²) in [6.45, 7) is 8.97. The molecular weight excluding hydrogens is 212 g/mol. The van der Waals surface area contributed by atoms with Crippen LogP contribution in [-0.4, -0.2) is 17.8 Å². The van der Waals surface area contributed by atoms with Crippen molar-refractivity contribution in [3.8, 4) is 5.75 Å². The van der Waals surface area contributed by atoms with Gasteiger partial charge in [-0.15, -0.1) is 0 Å². The maximum Gasteiger partial charge on any atom is 0.119 e. The van der Waals surface area contributed by atoms with Crippen LogP contribution in [0.3, 0.4) is 0 Å². The zero-order chi connectivity index (χ0) is 12.9. The van der Waals surface area contributed by atoms with E-state index < -0.39 is 0 Å². The van der Waals surface area contributed by atoms with Gasteiger partial charge in [-0.25, -0.2) is 0 Å². The lowest BCUT2D eigenvalue weighted by Crippen LogP contribution is -2.17. The third-order valence-electron chi connectivity index (χ3n) is 2.76. The van der Waals surface area contributed by atoms with Crippen molar-refractivity contribution < 1.29 is 9.84 Å². The third kappa shape index (κ3) is 4.78. The highest BCUT2D eigenvalue weighted by atomic mass is 16.5. The van der Waals surface area contributed by atoms with Crippen LogP contribution < -0.4 is 4.74 Å². The molecule has 0 aliphatic heterocycles. The van der Waals surface area contributed by atoms with Crippen LogP contribution in [0.15, 0.2) is 24.3 Å². The molecule has 0 spiro atoms. The monoisotopic (exact) mass is 236 g/mol. The van der Waals surface area contributed by atoms with E-state index in [2.05, 4.69) is 39.8 Å². The molecule has 1 unspecified atom stereocenters. The summed E-state index contributed by atoms with van der Waals surface area (Å²) in [6.07, 6.45) is 1.41. The van der Waals surface area contributed by atoms with Gasteiger partial charge in [-0.3, -0.25) is 0 Å². The Morgan fingerprint density at radius 2 is 2.00 bits per heavy atom. The van der Waals surface area contributed by atoms with Gasteiger partial charge in [-0.1, -0.05) is 46.2 Å². The van der Waals surface area contributed by atoms with Crippen molar-refractivity contribution in [3.63, 3.8) is 0 Å². The Morgan fingerprint density at radius 1 is 1.29 bits per heavy atom. The number of aliphatic hydroxyl groups excluding tert-OH is 1. The van der Waals surface area contributed by atoms with Crippen LogP contribution in [0.4, 0.5) is 0 Å². The largest absolute Gasteiger partial charge is 0.491 e. The molecule has 1 N–H and O–H groups in total. The fourth-order valence-electron chi connectivity index (χ4n) is 1.66. The Hall–Kier alpha value is -1.02. The van der Waals surface area contributed by atoms with E-state index in [4.69, 9.17) is 4.74 Å². The summed E-state index contributed by atoms with van der Waals surface area (Å²) in [5.74, 6) is 0.840. The number of hydrogen-bond donors (Lipinski definition) is 1. The fourth-order valence-corrected chi connectivity index (χ4v) is 1.66. The van der Waals surface area contributed by atoms with Gasteiger partial charge in [-0.2, -0.15) is 0 Å². The van der Waals surface area contributed by atoms with Crippen LogP contribution in [0, 0.1) is 0 Å². The quantitative estimate of drug-likeness (QED) is 0.847. The molecule has 0 amide bonds. The second-order valence-electron chi connectivity index (χ2n) is 5.53. The van der Waals surface area contributed by atoms with Crippen molar-refractivity contribution >= 4 is 0 Å². The van der Waals surface area contributed by atoms with E-state index >= 15 is 0 Å². The predicted octanol–water partition coefficient (Wildman–Crippen LogP) is 3.52. The van der Waals surface area contributed by atoms with Gasteiger partial charge in [0.1, 0.15) is 12.4 Å². The summed E-state index contributed by atoms with van der Waals surface area (Å²) in [4.78, 5) is 0. The van der Waals surface area contributed by atoms with Gasteiger partial charge in [0.15, 0.2) is 0 Å². The van der Waals surface area contributed by atoms with E-state index in [0.717, 1.165) is 18.6 Å². The summed E-state index contributed by atoms with van der Waals surface area (Å²) in [5, 5.41) is 9.61. The maximum absolute atomic E-state index is 9.61. The van der Waals surface area contributed by atoms with E-state index in [1.54, 1.807) is 0 Å². The Labute approximate surface area is 105 Å². The van der Waals surface area contributed by atoms with Crippen molar-refractivity contribution in [2.45, 2.75) is 52.1 Å². The van der Waals surface area contributed by atoms with Gasteiger partial charge < -0.3 is 9.84 Å². The molecule has 0 saturated heterocycles.